The molecule has 2 heterocycles. The Morgan fingerprint density at radius 2 is 1.90 bits per heavy atom. The van der Waals surface area contributed by atoms with E-state index in [0.29, 0.717) is 35.9 Å². The molecule has 0 aliphatic heterocycles. The Balaban J connectivity index is 1.46. The first kappa shape index (κ1) is 18.7. The molecule has 0 bridgehead atoms. The van der Waals surface area contributed by atoms with Gasteiger partial charge in [0.05, 0.1) is 12.9 Å². The van der Waals surface area contributed by atoms with E-state index in [1.807, 2.05) is 66.7 Å². The van der Waals surface area contributed by atoms with Crippen LogP contribution in [0.1, 0.15) is 27.4 Å². The average molecular weight is 388 g/mol. The molecule has 0 unspecified atom stereocenters. The van der Waals surface area contributed by atoms with E-state index >= 15 is 0 Å². The Labute approximate surface area is 168 Å². The zero-order valence-corrected chi connectivity index (χ0v) is 15.9. The second-order valence-corrected chi connectivity index (χ2v) is 6.56. The molecule has 0 atom stereocenters. The fourth-order valence-corrected chi connectivity index (χ4v) is 3.03. The lowest BCUT2D eigenvalue weighted by Crippen LogP contribution is -2.13. The fourth-order valence-electron chi connectivity index (χ4n) is 3.03. The number of anilines is 1. The minimum absolute atomic E-state index is 0.267. The van der Waals surface area contributed by atoms with Crippen LogP contribution in [0.25, 0.3) is 11.3 Å². The predicted octanol–water partition coefficient (Wildman–Crippen LogP) is 5.21. The van der Waals surface area contributed by atoms with Crippen molar-refractivity contribution in [1.29, 1.82) is 0 Å². The van der Waals surface area contributed by atoms with Gasteiger partial charge in [-0.05, 0) is 36.8 Å². The Hall–Kier alpha value is -3.64. The van der Waals surface area contributed by atoms with E-state index in [9.17, 15) is 4.79 Å². The molecular weight excluding hydrogens is 368 g/mol. The number of ether oxygens (including phenoxy) is 1. The van der Waals surface area contributed by atoms with Crippen LogP contribution in [0, 0.1) is 6.92 Å². The van der Waals surface area contributed by atoms with Gasteiger partial charge in [0.2, 0.25) is 0 Å². The summed E-state index contributed by atoms with van der Waals surface area (Å²) >= 11 is 0. The molecule has 1 amide bonds. The van der Waals surface area contributed by atoms with Crippen molar-refractivity contribution in [2.45, 2.75) is 20.1 Å². The number of aryl methyl sites for hydroxylation is 1. The number of hydrogen-bond acceptors (Lipinski definition) is 5. The standard InChI is InChI=1S/C23H20N2O4/c1-16-21(22(25-29-16)18-8-3-2-4-9-18)23(26)24-19-10-5-7-17(13-19)14-27-15-20-11-6-12-28-20/h2-13H,14-15H2,1H3,(H,24,26). The smallest absolute Gasteiger partial charge is 0.261 e. The summed E-state index contributed by atoms with van der Waals surface area (Å²) in [6, 6.07) is 20.7. The monoisotopic (exact) mass is 388 g/mol. The molecule has 1 N–H and O–H groups in total. The fraction of sp³-hybridized carbons (Fsp3) is 0.130. The molecule has 6 heteroatoms. The Kier molecular flexibility index (Phi) is 5.54. The number of nitrogens with one attached hydrogen (secondary N) is 1. The van der Waals surface area contributed by atoms with Crippen molar-refractivity contribution in [3.63, 3.8) is 0 Å². The van der Waals surface area contributed by atoms with Gasteiger partial charge in [-0.25, -0.2) is 0 Å². The molecule has 2 aromatic heterocycles. The summed E-state index contributed by atoms with van der Waals surface area (Å²) in [5, 5.41) is 6.99. The quantitative estimate of drug-likeness (QED) is 0.470. The number of carbonyl (C=O) groups excluding carboxylic acids is 1. The summed E-state index contributed by atoms with van der Waals surface area (Å²) in [6.45, 7) is 2.53. The topological polar surface area (TPSA) is 77.5 Å². The third-order valence-corrected chi connectivity index (χ3v) is 4.42. The molecule has 0 aliphatic carbocycles. The normalized spacial score (nSPS) is 10.8. The van der Waals surface area contributed by atoms with Gasteiger partial charge in [0.1, 0.15) is 29.4 Å². The highest BCUT2D eigenvalue weighted by Gasteiger charge is 2.21. The molecule has 0 fully saturated rings. The molecule has 4 aromatic rings. The lowest BCUT2D eigenvalue weighted by molar-refractivity contribution is 0.0929. The first-order chi connectivity index (χ1) is 14.2. The molecule has 0 radical (unpaired) electrons. The number of rotatable bonds is 7. The minimum atomic E-state index is -0.267. The zero-order valence-electron chi connectivity index (χ0n) is 15.9. The molecule has 4 rings (SSSR count). The third-order valence-electron chi connectivity index (χ3n) is 4.42. The van der Waals surface area contributed by atoms with E-state index in [-0.39, 0.29) is 5.91 Å². The van der Waals surface area contributed by atoms with E-state index in [1.54, 1.807) is 13.2 Å². The van der Waals surface area contributed by atoms with Gasteiger partial charge >= 0.3 is 0 Å². The molecule has 0 saturated carbocycles. The van der Waals surface area contributed by atoms with Crippen LogP contribution in [0.2, 0.25) is 0 Å². The highest BCUT2D eigenvalue weighted by molar-refractivity contribution is 6.08. The maximum absolute atomic E-state index is 12.9. The number of furan rings is 1. The summed E-state index contributed by atoms with van der Waals surface area (Å²) < 4.78 is 16.2. The molecular formula is C23H20N2O4. The first-order valence-electron chi connectivity index (χ1n) is 9.23. The SMILES string of the molecule is Cc1onc(-c2ccccc2)c1C(=O)Nc1cccc(COCc2ccco2)c1. The lowest BCUT2D eigenvalue weighted by atomic mass is 10.1. The van der Waals surface area contributed by atoms with Crippen molar-refractivity contribution in [3.05, 3.63) is 95.6 Å². The summed E-state index contributed by atoms with van der Waals surface area (Å²) in [4.78, 5) is 12.9. The summed E-state index contributed by atoms with van der Waals surface area (Å²) in [7, 11) is 0. The number of amides is 1. The first-order valence-corrected chi connectivity index (χ1v) is 9.23. The molecule has 2 aromatic carbocycles. The van der Waals surface area contributed by atoms with Gasteiger partial charge in [-0.1, -0.05) is 47.6 Å². The highest BCUT2D eigenvalue weighted by atomic mass is 16.5. The molecule has 0 saturated heterocycles. The van der Waals surface area contributed by atoms with E-state index in [1.165, 1.54) is 0 Å². The predicted molar refractivity (Wildman–Crippen MR) is 108 cm³/mol. The molecule has 6 nitrogen and oxygen atoms in total. The van der Waals surface area contributed by atoms with Gasteiger partial charge in [0.25, 0.3) is 5.91 Å². The van der Waals surface area contributed by atoms with Crippen molar-refractivity contribution < 1.29 is 18.5 Å². The number of benzene rings is 2. The van der Waals surface area contributed by atoms with Gasteiger partial charge in [-0.2, -0.15) is 0 Å². The number of hydrogen-bond donors (Lipinski definition) is 1. The van der Waals surface area contributed by atoms with Crippen LogP contribution < -0.4 is 5.32 Å². The Morgan fingerprint density at radius 3 is 2.69 bits per heavy atom. The highest BCUT2D eigenvalue weighted by Crippen LogP contribution is 2.26. The van der Waals surface area contributed by atoms with Crippen molar-refractivity contribution in [3.8, 4) is 11.3 Å². The van der Waals surface area contributed by atoms with Gasteiger partial charge in [-0.15, -0.1) is 0 Å². The van der Waals surface area contributed by atoms with E-state index in [0.717, 1.165) is 16.9 Å². The second kappa shape index (κ2) is 8.58. The van der Waals surface area contributed by atoms with Crippen LogP contribution >= 0.6 is 0 Å². The average Bonchev–Trinajstić information content (AvgIpc) is 3.38. The van der Waals surface area contributed by atoms with E-state index in [2.05, 4.69) is 10.5 Å². The van der Waals surface area contributed by atoms with Crippen LogP contribution in [0.5, 0.6) is 0 Å². The minimum Gasteiger partial charge on any atom is -0.467 e. The zero-order chi connectivity index (χ0) is 20.1. The molecule has 0 spiro atoms. The maximum atomic E-state index is 12.9. The molecule has 29 heavy (non-hydrogen) atoms. The number of nitrogens with zero attached hydrogens (tertiary/aromatic N) is 1. The van der Waals surface area contributed by atoms with Gasteiger partial charge in [0.15, 0.2) is 0 Å². The van der Waals surface area contributed by atoms with Crippen molar-refractivity contribution in [1.82, 2.24) is 5.16 Å². The van der Waals surface area contributed by atoms with Crippen molar-refractivity contribution in [2.75, 3.05) is 5.32 Å². The lowest BCUT2D eigenvalue weighted by Gasteiger charge is -2.08. The third kappa shape index (κ3) is 4.44. The second-order valence-electron chi connectivity index (χ2n) is 6.56. The van der Waals surface area contributed by atoms with E-state index in [4.69, 9.17) is 13.7 Å². The Bertz CT molecular complexity index is 1090. The van der Waals surface area contributed by atoms with Gasteiger partial charge < -0.3 is 19.0 Å². The maximum Gasteiger partial charge on any atom is 0.261 e. The number of carbonyl (C=O) groups is 1. The Morgan fingerprint density at radius 1 is 1.03 bits per heavy atom. The van der Waals surface area contributed by atoms with Crippen LogP contribution in [-0.2, 0) is 18.0 Å². The van der Waals surface area contributed by atoms with E-state index < -0.39 is 0 Å². The van der Waals surface area contributed by atoms with Crippen LogP contribution in [-0.4, -0.2) is 11.1 Å². The molecule has 146 valence electrons. The summed E-state index contributed by atoms with van der Waals surface area (Å²) in [5.41, 5.74) is 3.40. The van der Waals surface area contributed by atoms with Crippen molar-refractivity contribution >= 4 is 11.6 Å². The van der Waals surface area contributed by atoms with Gasteiger partial charge in [0, 0.05) is 11.3 Å². The van der Waals surface area contributed by atoms with Gasteiger partial charge in [-0.3, -0.25) is 4.79 Å². The molecule has 0 aliphatic rings. The van der Waals surface area contributed by atoms with Crippen molar-refractivity contribution in [2.24, 2.45) is 0 Å². The summed E-state index contributed by atoms with van der Waals surface area (Å²) in [5.74, 6) is 0.973. The summed E-state index contributed by atoms with van der Waals surface area (Å²) in [6.07, 6.45) is 1.62. The van der Waals surface area contributed by atoms with Crippen LogP contribution in [0.3, 0.4) is 0 Å². The largest absolute Gasteiger partial charge is 0.467 e. The van der Waals surface area contributed by atoms with Crippen LogP contribution in [0.15, 0.2) is 81.9 Å². The van der Waals surface area contributed by atoms with Crippen LogP contribution in [0.4, 0.5) is 5.69 Å². The number of aromatic nitrogens is 1.